The van der Waals surface area contributed by atoms with Crippen molar-refractivity contribution < 1.29 is 13.6 Å². The van der Waals surface area contributed by atoms with E-state index in [1.54, 1.807) is 0 Å². The number of halogens is 3. The monoisotopic (exact) mass is 571 g/mol. The number of nitrogens with two attached hydrogens (primary N) is 2. The third-order valence-corrected chi connectivity index (χ3v) is 7.63. The maximum Gasteiger partial charge on any atom is 0.331 e. The van der Waals surface area contributed by atoms with Crippen molar-refractivity contribution in [2.75, 3.05) is 52.1 Å². The minimum atomic E-state index is -3.02. The van der Waals surface area contributed by atoms with E-state index in [4.69, 9.17) is 20.5 Å². The lowest BCUT2D eigenvalue weighted by Crippen LogP contribution is -2.31. The van der Waals surface area contributed by atoms with Crippen LogP contribution in [0, 0.1) is 0 Å². The first-order valence-electron chi connectivity index (χ1n) is 13.1. The van der Waals surface area contributed by atoms with E-state index in [0.29, 0.717) is 39.0 Å². The molecule has 0 bridgehead atoms. The van der Waals surface area contributed by atoms with Crippen LogP contribution in [0.5, 0.6) is 0 Å². The molecule has 0 rings (SSSR count). The van der Waals surface area contributed by atoms with Gasteiger partial charge >= 0.3 is 7.60 Å². The van der Waals surface area contributed by atoms with Crippen LogP contribution in [-0.2, 0) is 13.6 Å². The molecule has 0 aromatic heterocycles. The highest BCUT2D eigenvalue weighted by molar-refractivity contribution is 7.53. The Labute approximate surface area is 230 Å². The second-order valence-corrected chi connectivity index (χ2v) is 10.8. The minimum Gasteiger partial charge on any atom is -0.330 e. The van der Waals surface area contributed by atoms with Gasteiger partial charge in [0.1, 0.15) is 0 Å². The van der Waals surface area contributed by atoms with Gasteiger partial charge in [-0.3, -0.25) is 4.57 Å². The van der Waals surface area contributed by atoms with Gasteiger partial charge < -0.3 is 25.4 Å². The third-order valence-electron chi connectivity index (χ3n) is 5.66. The maximum absolute atomic E-state index is 13.0. The zero-order valence-corrected chi connectivity index (χ0v) is 25.4. The molecule has 34 heavy (non-hydrogen) atoms. The Morgan fingerprint density at radius 2 is 1.06 bits per heavy atom. The second-order valence-electron chi connectivity index (χ2n) is 8.60. The van der Waals surface area contributed by atoms with Gasteiger partial charge in [-0.25, -0.2) is 0 Å². The molecule has 6 nitrogen and oxygen atoms in total. The van der Waals surface area contributed by atoms with E-state index in [9.17, 15) is 4.57 Å². The summed E-state index contributed by atoms with van der Waals surface area (Å²) in [7, 11) is -3.02. The molecule has 0 aromatic rings. The molecule has 0 amide bonds. The van der Waals surface area contributed by atoms with Crippen LogP contribution in [0.25, 0.3) is 0 Å². The van der Waals surface area contributed by atoms with Crippen molar-refractivity contribution in [1.29, 1.82) is 0 Å². The van der Waals surface area contributed by atoms with Crippen LogP contribution in [0.15, 0.2) is 0 Å². The first-order valence-corrected chi connectivity index (χ1v) is 14.8. The Morgan fingerprint density at radius 1 is 0.618 bits per heavy atom. The summed E-state index contributed by atoms with van der Waals surface area (Å²) in [6, 6.07) is 0. The van der Waals surface area contributed by atoms with Crippen molar-refractivity contribution in [2.45, 2.75) is 104 Å². The molecule has 0 aliphatic carbocycles. The van der Waals surface area contributed by atoms with Gasteiger partial charge in [0.05, 0.1) is 19.4 Å². The minimum absolute atomic E-state index is 0. The zero-order valence-electron chi connectivity index (χ0n) is 22.1. The maximum atomic E-state index is 13.0. The summed E-state index contributed by atoms with van der Waals surface area (Å²) in [4.78, 5) is 2.28. The largest absolute Gasteiger partial charge is 0.331 e. The Kier molecular flexibility index (Phi) is 39.4. The predicted octanol–water partition coefficient (Wildman–Crippen LogP) is 7.20. The number of nitrogens with zero attached hydrogens (tertiary/aromatic N) is 1. The van der Waals surface area contributed by atoms with E-state index in [-0.39, 0.29) is 37.2 Å². The fraction of sp³-hybridized carbons (Fsp3) is 1.00. The van der Waals surface area contributed by atoms with Crippen molar-refractivity contribution in [1.82, 2.24) is 4.90 Å². The molecule has 0 aliphatic heterocycles. The molecule has 10 heteroatoms. The average molecular weight is 573 g/mol. The molecule has 0 saturated carbocycles. The lowest BCUT2D eigenvalue weighted by Gasteiger charge is -2.25. The summed E-state index contributed by atoms with van der Waals surface area (Å²) in [5, 5.41) is 0. The molecule has 0 saturated heterocycles. The van der Waals surface area contributed by atoms with Crippen LogP contribution in [0.1, 0.15) is 104 Å². The van der Waals surface area contributed by atoms with Crippen LogP contribution in [0.4, 0.5) is 0 Å². The molecule has 0 fully saturated rings. The number of rotatable bonds is 25. The van der Waals surface area contributed by atoms with Gasteiger partial charge in [-0.1, -0.05) is 77.6 Å². The van der Waals surface area contributed by atoms with Gasteiger partial charge in [-0.05, 0) is 52.4 Å². The molecule has 0 aliphatic rings. The Hall–Kier alpha value is 0.900. The van der Waals surface area contributed by atoms with Crippen molar-refractivity contribution in [3.05, 3.63) is 0 Å². The second kappa shape index (κ2) is 31.9. The lowest BCUT2D eigenvalue weighted by molar-refractivity contribution is 0.200. The molecule has 0 radical (unpaired) electrons. The molecule has 1 atom stereocenters. The Morgan fingerprint density at radius 3 is 1.47 bits per heavy atom. The summed E-state index contributed by atoms with van der Waals surface area (Å²) in [5.41, 5.74) is 11.3. The summed E-state index contributed by atoms with van der Waals surface area (Å²) in [5.74, 6) is 0. The summed E-state index contributed by atoms with van der Waals surface area (Å²) in [6.45, 7) is 8.93. The molecule has 0 heterocycles. The van der Waals surface area contributed by atoms with E-state index in [1.165, 1.54) is 64.2 Å². The van der Waals surface area contributed by atoms with Crippen LogP contribution in [0.3, 0.4) is 0 Å². The van der Waals surface area contributed by atoms with Crippen molar-refractivity contribution in [2.24, 2.45) is 11.5 Å². The van der Waals surface area contributed by atoms with E-state index >= 15 is 0 Å². The summed E-state index contributed by atoms with van der Waals surface area (Å²) in [6.07, 6.45) is 18.0. The summed E-state index contributed by atoms with van der Waals surface area (Å²) >= 11 is 0. The highest BCUT2D eigenvalue weighted by Gasteiger charge is 2.24. The van der Waals surface area contributed by atoms with Gasteiger partial charge in [0.25, 0.3) is 0 Å². The molecule has 1 unspecified atom stereocenters. The number of hydrogen-bond donors (Lipinski definition) is 2. The van der Waals surface area contributed by atoms with E-state index in [1.807, 2.05) is 6.92 Å². The van der Waals surface area contributed by atoms with E-state index in [2.05, 4.69) is 11.8 Å². The zero-order chi connectivity index (χ0) is 23.0. The van der Waals surface area contributed by atoms with Crippen molar-refractivity contribution >= 4 is 44.8 Å². The van der Waals surface area contributed by atoms with Gasteiger partial charge in [-0.2, -0.15) is 0 Å². The molecule has 212 valence electrons. The van der Waals surface area contributed by atoms with E-state index in [0.717, 1.165) is 38.8 Å². The normalized spacial score (nSPS) is 12.5. The van der Waals surface area contributed by atoms with Gasteiger partial charge in [0, 0.05) is 6.54 Å². The van der Waals surface area contributed by atoms with Crippen LogP contribution >= 0.6 is 44.8 Å². The smallest absolute Gasteiger partial charge is 0.330 e. The van der Waals surface area contributed by atoms with Crippen molar-refractivity contribution in [3.8, 4) is 0 Å². The third kappa shape index (κ3) is 27.5. The molecule has 4 N–H and O–H groups in total. The SMILES string of the molecule is CCCCCCCCCCCCCCOP(=O)(CCN(CCCN)CCCN)OCC.Cl.Cl.Cl. The highest BCUT2D eigenvalue weighted by atomic mass is 35.5. The van der Waals surface area contributed by atoms with Gasteiger partial charge in [-0.15, -0.1) is 37.2 Å². The predicted molar refractivity (Wildman–Crippen MR) is 157 cm³/mol. The summed E-state index contributed by atoms with van der Waals surface area (Å²) < 4.78 is 24.4. The van der Waals surface area contributed by atoms with Gasteiger partial charge in [0.2, 0.25) is 0 Å². The topological polar surface area (TPSA) is 90.8 Å². The average Bonchev–Trinajstić information content (AvgIpc) is 2.76. The molecule has 0 aromatic carbocycles. The van der Waals surface area contributed by atoms with Crippen LogP contribution in [-0.4, -0.2) is 57.0 Å². The Balaban J connectivity index is -0.00000150. The Bertz CT molecular complexity index is 420. The quantitative estimate of drug-likeness (QED) is 0.0888. The fourth-order valence-electron chi connectivity index (χ4n) is 3.74. The molecular formula is C24H57Cl3N3O3P. The number of unbranched alkanes of at least 4 members (excludes halogenated alkanes) is 11. The fourth-order valence-corrected chi connectivity index (χ4v) is 5.40. The lowest BCUT2D eigenvalue weighted by atomic mass is 10.1. The van der Waals surface area contributed by atoms with Crippen molar-refractivity contribution in [3.63, 3.8) is 0 Å². The highest BCUT2D eigenvalue weighted by Crippen LogP contribution is 2.48. The molecular weight excluding hydrogens is 516 g/mol. The van der Waals surface area contributed by atoms with Crippen LogP contribution in [0.2, 0.25) is 0 Å². The van der Waals surface area contributed by atoms with Gasteiger partial charge in [0.15, 0.2) is 0 Å². The first kappa shape index (κ1) is 42.0. The van der Waals surface area contributed by atoms with Crippen LogP contribution < -0.4 is 11.5 Å². The molecule has 0 spiro atoms. The first-order chi connectivity index (χ1) is 15.1. The standard InChI is InChI=1S/C24H54N3O3P.3ClH/c1-3-5-6-7-8-9-10-11-12-13-14-15-23-30-31(28,29-4-2)24-22-27(20-16-18-25)21-17-19-26;;;/h3-26H2,1-2H3;3*1H. The number of hydrogen-bond acceptors (Lipinski definition) is 6. The van der Waals surface area contributed by atoms with E-state index < -0.39 is 7.60 Å².